The van der Waals surface area contributed by atoms with Crippen molar-refractivity contribution in [3.8, 4) is 0 Å². The van der Waals surface area contributed by atoms with E-state index in [0.29, 0.717) is 36.6 Å². The van der Waals surface area contributed by atoms with Crippen LogP contribution >= 0.6 is 11.6 Å². The topological polar surface area (TPSA) is 44.9 Å². The highest BCUT2D eigenvalue weighted by molar-refractivity contribution is 6.33. The summed E-state index contributed by atoms with van der Waals surface area (Å²) in [6.07, 6.45) is 1.30. The summed E-state index contributed by atoms with van der Waals surface area (Å²) in [5.74, 6) is -0.949. The van der Waals surface area contributed by atoms with E-state index in [-0.39, 0.29) is 5.92 Å². The molecule has 1 N–H and O–H groups in total. The van der Waals surface area contributed by atoms with Crippen LogP contribution < -0.4 is 4.90 Å². The van der Waals surface area contributed by atoms with E-state index in [0.717, 1.165) is 5.69 Å². The van der Waals surface area contributed by atoms with Gasteiger partial charge in [0.2, 0.25) is 5.69 Å². The monoisotopic (exact) mass is 264 g/mol. The van der Waals surface area contributed by atoms with E-state index in [9.17, 15) is 4.79 Å². The first-order valence-corrected chi connectivity index (χ1v) is 6.14. The molecular formula is C13H13ClN2O2. The van der Waals surface area contributed by atoms with E-state index in [1.807, 2.05) is 6.07 Å². The average molecular weight is 265 g/mol. The number of anilines is 1. The van der Waals surface area contributed by atoms with Crippen LogP contribution in [0, 0.1) is 12.5 Å². The molecule has 1 saturated heterocycles. The molecule has 1 aromatic carbocycles. The van der Waals surface area contributed by atoms with Gasteiger partial charge in [0.15, 0.2) is 0 Å². The molecule has 0 spiro atoms. The van der Waals surface area contributed by atoms with E-state index < -0.39 is 5.97 Å². The standard InChI is InChI=1S/C13H13ClN2O2/c1-15-12-3-2-10(8-11(12)14)16-6-4-9(5-7-16)13(17)18/h2-3,8-9H,4-7H2,(H,17,18). The Balaban J connectivity index is 2.08. The van der Waals surface area contributed by atoms with Gasteiger partial charge in [-0.2, -0.15) is 0 Å². The van der Waals surface area contributed by atoms with Crippen molar-refractivity contribution in [3.05, 3.63) is 34.6 Å². The van der Waals surface area contributed by atoms with Crippen molar-refractivity contribution < 1.29 is 9.90 Å². The van der Waals surface area contributed by atoms with Crippen molar-refractivity contribution in [3.63, 3.8) is 0 Å². The van der Waals surface area contributed by atoms with E-state index in [2.05, 4.69) is 9.74 Å². The molecule has 1 fully saturated rings. The summed E-state index contributed by atoms with van der Waals surface area (Å²) in [5.41, 5.74) is 1.40. The predicted octanol–water partition coefficient (Wildman–Crippen LogP) is 3.19. The first kappa shape index (κ1) is 12.7. The third-order valence-corrected chi connectivity index (χ3v) is 3.56. The van der Waals surface area contributed by atoms with E-state index >= 15 is 0 Å². The summed E-state index contributed by atoms with van der Waals surface area (Å²) in [6, 6.07) is 5.34. The fourth-order valence-corrected chi connectivity index (χ4v) is 2.38. The lowest BCUT2D eigenvalue weighted by Gasteiger charge is -2.32. The number of carboxylic acids is 1. The molecule has 0 aromatic heterocycles. The molecule has 1 aliphatic rings. The summed E-state index contributed by atoms with van der Waals surface area (Å²) in [5, 5.41) is 9.38. The maximum Gasteiger partial charge on any atom is 0.306 e. The molecule has 94 valence electrons. The molecule has 1 aromatic rings. The minimum Gasteiger partial charge on any atom is -0.481 e. The number of nitrogens with zero attached hydrogens (tertiary/aromatic N) is 2. The van der Waals surface area contributed by atoms with Gasteiger partial charge in [0, 0.05) is 23.8 Å². The van der Waals surface area contributed by atoms with Gasteiger partial charge in [-0.25, -0.2) is 4.85 Å². The second kappa shape index (κ2) is 5.28. The molecule has 1 heterocycles. The number of carbonyl (C=O) groups is 1. The Morgan fingerprint density at radius 2 is 2.11 bits per heavy atom. The van der Waals surface area contributed by atoms with Crippen LogP contribution in [0.1, 0.15) is 12.8 Å². The summed E-state index contributed by atoms with van der Waals surface area (Å²) in [7, 11) is 0. The molecule has 18 heavy (non-hydrogen) atoms. The van der Waals surface area contributed by atoms with Crippen LogP contribution in [0.25, 0.3) is 4.85 Å². The molecular weight excluding hydrogens is 252 g/mol. The highest BCUT2D eigenvalue weighted by atomic mass is 35.5. The van der Waals surface area contributed by atoms with Crippen molar-refractivity contribution in [1.29, 1.82) is 0 Å². The second-order valence-corrected chi connectivity index (χ2v) is 4.75. The average Bonchev–Trinajstić information content (AvgIpc) is 2.38. The summed E-state index contributed by atoms with van der Waals surface area (Å²) < 4.78 is 0. The highest BCUT2D eigenvalue weighted by Gasteiger charge is 2.24. The third kappa shape index (κ3) is 2.57. The van der Waals surface area contributed by atoms with Crippen LogP contribution in [-0.2, 0) is 4.79 Å². The number of piperidine rings is 1. The predicted molar refractivity (Wildman–Crippen MR) is 70.3 cm³/mol. The largest absolute Gasteiger partial charge is 0.481 e. The Morgan fingerprint density at radius 3 is 2.61 bits per heavy atom. The number of benzene rings is 1. The minimum atomic E-state index is -0.712. The molecule has 1 aliphatic heterocycles. The van der Waals surface area contributed by atoms with Crippen LogP contribution in [0.5, 0.6) is 0 Å². The SMILES string of the molecule is [C-]#[N+]c1ccc(N2CCC(C(=O)O)CC2)cc1Cl. The number of rotatable bonds is 2. The van der Waals surface area contributed by atoms with Crippen LogP contribution in [0.2, 0.25) is 5.02 Å². The molecule has 4 nitrogen and oxygen atoms in total. The van der Waals surface area contributed by atoms with Gasteiger partial charge >= 0.3 is 5.97 Å². The lowest BCUT2D eigenvalue weighted by Crippen LogP contribution is -2.36. The normalized spacial score (nSPS) is 16.3. The van der Waals surface area contributed by atoms with Crippen molar-refractivity contribution >= 4 is 28.9 Å². The number of carboxylic acid groups (broad SMARTS) is 1. The van der Waals surface area contributed by atoms with Gasteiger partial charge in [-0.3, -0.25) is 4.79 Å². The maximum atomic E-state index is 10.9. The van der Waals surface area contributed by atoms with Crippen LogP contribution in [0.4, 0.5) is 11.4 Å². The second-order valence-electron chi connectivity index (χ2n) is 4.35. The van der Waals surface area contributed by atoms with Crippen molar-refractivity contribution in [2.24, 2.45) is 5.92 Å². The van der Waals surface area contributed by atoms with Gasteiger partial charge in [0.1, 0.15) is 0 Å². The maximum absolute atomic E-state index is 10.9. The first-order valence-electron chi connectivity index (χ1n) is 5.76. The summed E-state index contributed by atoms with van der Waals surface area (Å²) >= 11 is 5.99. The van der Waals surface area contributed by atoms with Crippen molar-refractivity contribution in [2.45, 2.75) is 12.8 Å². The highest BCUT2D eigenvalue weighted by Crippen LogP contribution is 2.31. The zero-order chi connectivity index (χ0) is 13.1. The molecule has 0 saturated carbocycles. The molecule has 0 bridgehead atoms. The first-order chi connectivity index (χ1) is 8.61. The number of aliphatic carboxylic acids is 1. The van der Waals surface area contributed by atoms with Crippen molar-refractivity contribution in [2.75, 3.05) is 18.0 Å². The Bertz CT molecular complexity index is 502. The number of halogens is 1. The quantitative estimate of drug-likeness (QED) is 0.835. The van der Waals surface area contributed by atoms with Crippen LogP contribution in [-0.4, -0.2) is 24.2 Å². The Kier molecular flexibility index (Phi) is 3.73. The zero-order valence-electron chi connectivity index (χ0n) is 9.77. The number of hydrogen-bond donors (Lipinski definition) is 1. The summed E-state index contributed by atoms with van der Waals surface area (Å²) in [6.45, 7) is 8.36. The smallest absolute Gasteiger partial charge is 0.306 e. The fraction of sp³-hybridized carbons (Fsp3) is 0.385. The minimum absolute atomic E-state index is 0.237. The lowest BCUT2D eigenvalue weighted by atomic mass is 9.97. The van der Waals surface area contributed by atoms with E-state index in [4.69, 9.17) is 23.3 Å². The van der Waals surface area contributed by atoms with Crippen LogP contribution in [0.15, 0.2) is 18.2 Å². The molecule has 0 atom stereocenters. The molecule has 5 heteroatoms. The van der Waals surface area contributed by atoms with Gasteiger partial charge in [0.05, 0.1) is 12.5 Å². The van der Waals surface area contributed by atoms with E-state index in [1.165, 1.54) is 0 Å². The Morgan fingerprint density at radius 1 is 1.44 bits per heavy atom. The zero-order valence-corrected chi connectivity index (χ0v) is 10.5. The molecule has 0 amide bonds. The molecule has 2 rings (SSSR count). The van der Waals surface area contributed by atoms with Gasteiger partial charge in [-0.05, 0) is 25.0 Å². The van der Waals surface area contributed by atoms with Crippen LogP contribution in [0.3, 0.4) is 0 Å². The Hall–Kier alpha value is -1.73. The van der Waals surface area contributed by atoms with Gasteiger partial charge in [-0.15, -0.1) is 0 Å². The molecule has 0 radical (unpaired) electrons. The summed E-state index contributed by atoms with van der Waals surface area (Å²) in [4.78, 5) is 16.3. The molecule has 0 aliphatic carbocycles. The van der Waals surface area contributed by atoms with Gasteiger partial charge < -0.3 is 10.0 Å². The lowest BCUT2D eigenvalue weighted by molar-refractivity contribution is -0.142. The molecule has 0 unspecified atom stereocenters. The third-order valence-electron chi connectivity index (χ3n) is 3.26. The Labute approximate surface area is 111 Å². The van der Waals surface area contributed by atoms with Gasteiger partial charge in [-0.1, -0.05) is 17.7 Å². The number of hydrogen-bond acceptors (Lipinski definition) is 2. The van der Waals surface area contributed by atoms with Crippen molar-refractivity contribution in [1.82, 2.24) is 0 Å². The van der Waals surface area contributed by atoms with Gasteiger partial charge in [0.25, 0.3) is 0 Å². The fourth-order valence-electron chi connectivity index (χ4n) is 2.17. The van der Waals surface area contributed by atoms with E-state index in [1.54, 1.807) is 12.1 Å².